The Kier molecular flexibility index (Phi) is 4.76. The van der Waals surface area contributed by atoms with Crippen LogP contribution in [-0.4, -0.2) is 25.8 Å². The molecule has 18 heavy (non-hydrogen) atoms. The van der Waals surface area contributed by atoms with Crippen LogP contribution in [0, 0.1) is 19.3 Å². The monoisotopic (exact) mass is 285 g/mol. The van der Waals surface area contributed by atoms with Gasteiger partial charge in [0.2, 0.25) is 5.91 Å². The number of anilines is 1. The molecule has 1 aromatic carbocycles. The van der Waals surface area contributed by atoms with Crippen LogP contribution in [0.1, 0.15) is 5.56 Å². The Hall–Kier alpha value is -1.51. The summed E-state index contributed by atoms with van der Waals surface area (Å²) in [7, 11) is -3.56. The van der Waals surface area contributed by atoms with E-state index >= 15 is 0 Å². The molecule has 0 fully saturated rings. The van der Waals surface area contributed by atoms with Gasteiger partial charge >= 0.3 is 0 Å². The fraction of sp³-hybridized carbons (Fsp3) is 0.250. The molecule has 0 aliphatic carbocycles. The number of carbonyl (C=O) groups is 1. The molecule has 0 aliphatic heterocycles. The molecule has 0 saturated carbocycles. The van der Waals surface area contributed by atoms with Gasteiger partial charge in [0, 0.05) is 10.7 Å². The normalized spacial score (nSPS) is 10.7. The Balaban J connectivity index is 2.78. The van der Waals surface area contributed by atoms with Crippen molar-refractivity contribution in [3.8, 4) is 12.3 Å². The lowest BCUT2D eigenvalue weighted by Gasteiger charge is -2.09. The third kappa shape index (κ3) is 4.06. The summed E-state index contributed by atoms with van der Waals surface area (Å²) in [4.78, 5) is 11.6. The number of rotatable bonds is 4. The van der Waals surface area contributed by atoms with Gasteiger partial charge in [0.15, 0.2) is 9.84 Å². The van der Waals surface area contributed by atoms with E-state index in [9.17, 15) is 13.2 Å². The second kappa shape index (κ2) is 5.89. The third-order valence-corrected chi connectivity index (χ3v) is 3.91. The van der Waals surface area contributed by atoms with Crippen molar-refractivity contribution < 1.29 is 13.2 Å². The molecule has 0 saturated heterocycles. The van der Waals surface area contributed by atoms with Gasteiger partial charge < -0.3 is 5.32 Å². The average molecular weight is 286 g/mol. The van der Waals surface area contributed by atoms with Crippen LogP contribution in [0.4, 0.5) is 5.69 Å². The van der Waals surface area contributed by atoms with Crippen molar-refractivity contribution in [1.29, 1.82) is 0 Å². The van der Waals surface area contributed by atoms with E-state index in [1.807, 2.05) is 5.92 Å². The van der Waals surface area contributed by atoms with Gasteiger partial charge in [-0.3, -0.25) is 4.79 Å². The van der Waals surface area contributed by atoms with Gasteiger partial charge in [-0.15, -0.1) is 6.42 Å². The van der Waals surface area contributed by atoms with Crippen molar-refractivity contribution in [3.63, 3.8) is 0 Å². The molecule has 0 atom stereocenters. The molecule has 6 heteroatoms. The minimum Gasteiger partial charge on any atom is -0.325 e. The summed E-state index contributed by atoms with van der Waals surface area (Å²) in [5.41, 5.74) is 1.17. The highest BCUT2D eigenvalue weighted by atomic mass is 35.5. The number of nitrogens with one attached hydrogen (secondary N) is 1. The summed E-state index contributed by atoms with van der Waals surface area (Å²) in [5, 5.41) is 2.99. The minimum absolute atomic E-state index is 0.449. The number of halogens is 1. The molecule has 0 unspecified atom stereocenters. The van der Waals surface area contributed by atoms with Crippen molar-refractivity contribution in [2.75, 3.05) is 16.8 Å². The van der Waals surface area contributed by atoms with Crippen LogP contribution in [0.2, 0.25) is 5.02 Å². The standard InChI is InChI=1S/C12H12ClNO3S/c1-3-7-18(16,17)8-12(15)14-11-6-4-5-10(13)9(11)2/h1,4-6H,7-8H2,2H3,(H,14,15). The first-order valence-electron chi connectivity index (χ1n) is 5.04. The second-order valence-electron chi connectivity index (χ2n) is 3.70. The first kappa shape index (κ1) is 14.6. The Labute approximate surface area is 111 Å². The van der Waals surface area contributed by atoms with E-state index < -0.39 is 27.3 Å². The number of hydrogen-bond donors (Lipinski definition) is 1. The number of amides is 1. The zero-order chi connectivity index (χ0) is 13.8. The van der Waals surface area contributed by atoms with Crippen LogP contribution in [-0.2, 0) is 14.6 Å². The van der Waals surface area contributed by atoms with Gasteiger partial charge in [0.05, 0.1) is 0 Å². The largest absolute Gasteiger partial charge is 0.325 e. The summed E-state index contributed by atoms with van der Waals surface area (Å²) in [6, 6.07) is 5.00. The summed E-state index contributed by atoms with van der Waals surface area (Å²) < 4.78 is 22.7. The molecule has 0 heterocycles. The lowest BCUT2D eigenvalue weighted by Crippen LogP contribution is -2.24. The first-order chi connectivity index (χ1) is 8.35. The fourth-order valence-corrected chi connectivity index (χ4v) is 2.31. The highest BCUT2D eigenvalue weighted by molar-refractivity contribution is 7.92. The molecule has 1 amide bonds. The van der Waals surface area contributed by atoms with E-state index in [0.29, 0.717) is 16.3 Å². The van der Waals surface area contributed by atoms with E-state index in [0.717, 1.165) is 0 Å². The average Bonchev–Trinajstić information content (AvgIpc) is 2.23. The summed E-state index contributed by atoms with van der Waals surface area (Å²) in [6.45, 7) is 1.73. The zero-order valence-corrected chi connectivity index (χ0v) is 11.3. The first-order valence-corrected chi connectivity index (χ1v) is 7.24. The van der Waals surface area contributed by atoms with E-state index in [1.165, 1.54) is 0 Å². The highest BCUT2D eigenvalue weighted by Gasteiger charge is 2.16. The number of terminal acetylenes is 1. The fourth-order valence-electron chi connectivity index (χ4n) is 1.31. The predicted octanol–water partition coefficient (Wildman–Crippen LogP) is 1.63. The van der Waals surface area contributed by atoms with Gasteiger partial charge in [-0.2, -0.15) is 0 Å². The van der Waals surface area contributed by atoms with Crippen LogP contribution in [0.25, 0.3) is 0 Å². The van der Waals surface area contributed by atoms with Crippen LogP contribution in [0.3, 0.4) is 0 Å². The van der Waals surface area contributed by atoms with Crippen LogP contribution >= 0.6 is 11.6 Å². The van der Waals surface area contributed by atoms with Crippen LogP contribution in [0.15, 0.2) is 18.2 Å². The smallest absolute Gasteiger partial charge is 0.239 e. The molecule has 1 rings (SSSR count). The molecule has 1 aromatic rings. The van der Waals surface area contributed by atoms with Crippen molar-refractivity contribution in [2.45, 2.75) is 6.92 Å². The summed E-state index contributed by atoms with van der Waals surface area (Å²) >= 11 is 5.88. The maximum absolute atomic E-state index is 11.6. The van der Waals surface area contributed by atoms with Crippen molar-refractivity contribution in [2.24, 2.45) is 0 Å². The molecule has 96 valence electrons. The Morgan fingerprint density at radius 1 is 1.50 bits per heavy atom. The summed E-state index contributed by atoms with van der Waals surface area (Å²) in [5.74, 6) is 0.294. The van der Waals surface area contributed by atoms with Gasteiger partial charge in [0.1, 0.15) is 11.5 Å². The maximum atomic E-state index is 11.6. The molecule has 4 nitrogen and oxygen atoms in total. The number of hydrogen-bond acceptors (Lipinski definition) is 3. The van der Waals surface area contributed by atoms with Gasteiger partial charge in [0.25, 0.3) is 0 Å². The van der Waals surface area contributed by atoms with E-state index in [4.69, 9.17) is 18.0 Å². The molecule has 0 aliphatic rings. The molecule has 1 N–H and O–H groups in total. The Morgan fingerprint density at radius 2 is 2.17 bits per heavy atom. The van der Waals surface area contributed by atoms with Crippen LogP contribution in [0.5, 0.6) is 0 Å². The quantitative estimate of drug-likeness (QED) is 0.856. The van der Waals surface area contributed by atoms with E-state index in [2.05, 4.69) is 5.32 Å². The highest BCUT2D eigenvalue weighted by Crippen LogP contribution is 2.22. The minimum atomic E-state index is -3.56. The lowest BCUT2D eigenvalue weighted by molar-refractivity contribution is -0.113. The Bertz CT molecular complexity index is 602. The van der Waals surface area contributed by atoms with Crippen molar-refractivity contribution >= 4 is 33.0 Å². The van der Waals surface area contributed by atoms with Gasteiger partial charge in [-0.1, -0.05) is 23.6 Å². The molecule has 0 aromatic heterocycles. The molecule has 0 spiro atoms. The summed E-state index contributed by atoms with van der Waals surface area (Å²) in [6.07, 6.45) is 4.91. The topological polar surface area (TPSA) is 63.2 Å². The van der Waals surface area contributed by atoms with Crippen molar-refractivity contribution in [1.82, 2.24) is 0 Å². The van der Waals surface area contributed by atoms with Gasteiger partial charge in [-0.05, 0) is 24.6 Å². The molecular weight excluding hydrogens is 274 g/mol. The number of benzene rings is 1. The van der Waals surface area contributed by atoms with E-state index in [-0.39, 0.29) is 0 Å². The SMILES string of the molecule is C#CCS(=O)(=O)CC(=O)Nc1cccc(Cl)c1C. The molecular formula is C12H12ClNO3S. The number of sulfone groups is 1. The second-order valence-corrected chi connectivity index (χ2v) is 6.17. The maximum Gasteiger partial charge on any atom is 0.239 e. The van der Waals surface area contributed by atoms with Gasteiger partial charge in [-0.25, -0.2) is 8.42 Å². The zero-order valence-electron chi connectivity index (χ0n) is 9.73. The predicted molar refractivity (Wildman–Crippen MR) is 72.3 cm³/mol. The molecule has 0 bridgehead atoms. The Morgan fingerprint density at radius 3 is 2.78 bits per heavy atom. The molecule has 0 radical (unpaired) electrons. The number of carbonyl (C=O) groups excluding carboxylic acids is 1. The lowest BCUT2D eigenvalue weighted by atomic mass is 10.2. The third-order valence-electron chi connectivity index (χ3n) is 2.20. The van der Waals surface area contributed by atoms with Crippen LogP contribution < -0.4 is 5.32 Å². The van der Waals surface area contributed by atoms with E-state index in [1.54, 1.807) is 25.1 Å². The van der Waals surface area contributed by atoms with Crippen molar-refractivity contribution in [3.05, 3.63) is 28.8 Å².